The van der Waals surface area contributed by atoms with Gasteiger partial charge >= 0.3 is 0 Å². The molecule has 3 heteroatoms. The van der Waals surface area contributed by atoms with Crippen molar-refractivity contribution >= 4 is 0 Å². The fraction of sp³-hybridized carbons (Fsp3) is 0.538. The number of para-hydroxylation sites is 1. The summed E-state index contributed by atoms with van der Waals surface area (Å²) in [6.45, 7) is 4.01. The lowest BCUT2D eigenvalue weighted by Gasteiger charge is -2.37. The van der Waals surface area contributed by atoms with E-state index in [-0.39, 0.29) is 5.60 Å². The van der Waals surface area contributed by atoms with E-state index in [0.29, 0.717) is 25.6 Å². The van der Waals surface area contributed by atoms with Gasteiger partial charge in [-0.3, -0.25) is 0 Å². The molecule has 1 aliphatic rings. The summed E-state index contributed by atoms with van der Waals surface area (Å²) in [6, 6.07) is 7.42. The summed E-state index contributed by atoms with van der Waals surface area (Å²) in [5.41, 5.74) is 0.526. The summed E-state index contributed by atoms with van der Waals surface area (Å²) in [5, 5.41) is 9.93. The van der Waals surface area contributed by atoms with Crippen molar-refractivity contribution in [3.05, 3.63) is 29.8 Å². The number of hydrogen-bond donors (Lipinski definition) is 1. The Balaban J connectivity index is 2.34. The third-order valence-corrected chi connectivity index (χ3v) is 3.12. The number of hydrogen-bond acceptors (Lipinski definition) is 3. The predicted octanol–water partition coefficient (Wildman–Crippen LogP) is 2.43. The first-order chi connectivity index (χ1) is 7.78. The second-order valence-corrected chi connectivity index (χ2v) is 4.06. The minimum atomic E-state index is -0.363. The first kappa shape index (κ1) is 11.4. The van der Waals surface area contributed by atoms with Crippen LogP contribution in [0.1, 0.15) is 25.3 Å². The molecule has 0 spiro atoms. The fourth-order valence-corrected chi connectivity index (χ4v) is 2.33. The molecule has 0 atom stereocenters. The number of ether oxygens (including phenoxy) is 2. The zero-order valence-corrected chi connectivity index (χ0v) is 9.61. The molecule has 0 amide bonds. The number of benzene rings is 1. The van der Waals surface area contributed by atoms with Crippen LogP contribution < -0.4 is 0 Å². The van der Waals surface area contributed by atoms with Crippen LogP contribution in [0.5, 0.6) is 5.75 Å². The fourth-order valence-electron chi connectivity index (χ4n) is 2.33. The molecule has 1 N–H and O–H groups in total. The van der Waals surface area contributed by atoms with Gasteiger partial charge in [-0.15, -0.1) is 0 Å². The third kappa shape index (κ3) is 2.06. The molecule has 88 valence electrons. The molecule has 1 saturated heterocycles. The highest BCUT2D eigenvalue weighted by Gasteiger charge is 2.36. The molecule has 16 heavy (non-hydrogen) atoms. The summed E-state index contributed by atoms with van der Waals surface area (Å²) < 4.78 is 11.3. The van der Waals surface area contributed by atoms with E-state index < -0.39 is 0 Å². The van der Waals surface area contributed by atoms with Crippen LogP contribution in [0, 0.1) is 0 Å². The van der Waals surface area contributed by atoms with Gasteiger partial charge in [-0.1, -0.05) is 18.2 Å². The standard InChI is InChI=1S/C13H18O3/c1-2-16-13(7-9-15-10-8-13)11-5-3-4-6-12(11)14/h3-6,14H,2,7-10H2,1H3. The molecule has 1 aromatic carbocycles. The lowest BCUT2D eigenvalue weighted by Crippen LogP contribution is -2.36. The summed E-state index contributed by atoms with van der Waals surface area (Å²) in [7, 11) is 0. The summed E-state index contributed by atoms with van der Waals surface area (Å²) >= 11 is 0. The van der Waals surface area contributed by atoms with Crippen molar-refractivity contribution in [1.82, 2.24) is 0 Å². The minimum absolute atomic E-state index is 0.317. The SMILES string of the molecule is CCOC1(c2ccccc2O)CCOCC1. The molecule has 1 aliphatic heterocycles. The highest BCUT2D eigenvalue weighted by atomic mass is 16.5. The van der Waals surface area contributed by atoms with Crippen LogP contribution in [-0.4, -0.2) is 24.9 Å². The van der Waals surface area contributed by atoms with Gasteiger partial charge in [-0.05, 0) is 13.0 Å². The second kappa shape index (κ2) is 4.85. The molecule has 0 aromatic heterocycles. The highest BCUT2D eigenvalue weighted by Crippen LogP contribution is 2.40. The molecule has 0 unspecified atom stereocenters. The molecule has 0 radical (unpaired) electrons. The highest BCUT2D eigenvalue weighted by molar-refractivity contribution is 5.37. The molecule has 0 aliphatic carbocycles. The number of phenols is 1. The Morgan fingerprint density at radius 3 is 2.62 bits per heavy atom. The molecule has 1 heterocycles. The van der Waals surface area contributed by atoms with Crippen molar-refractivity contribution in [2.75, 3.05) is 19.8 Å². The Kier molecular flexibility index (Phi) is 3.46. The van der Waals surface area contributed by atoms with Gasteiger partial charge in [-0.2, -0.15) is 0 Å². The van der Waals surface area contributed by atoms with E-state index in [4.69, 9.17) is 9.47 Å². The van der Waals surface area contributed by atoms with E-state index in [1.54, 1.807) is 6.07 Å². The zero-order chi connectivity index (χ0) is 11.4. The topological polar surface area (TPSA) is 38.7 Å². The molecule has 1 fully saturated rings. The molecule has 1 aromatic rings. The molecule has 0 bridgehead atoms. The summed E-state index contributed by atoms with van der Waals surface area (Å²) in [4.78, 5) is 0. The van der Waals surface area contributed by atoms with Gasteiger partial charge in [0.2, 0.25) is 0 Å². The van der Waals surface area contributed by atoms with Crippen LogP contribution in [0.2, 0.25) is 0 Å². The van der Waals surface area contributed by atoms with E-state index in [0.717, 1.165) is 18.4 Å². The summed E-state index contributed by atoms with van der Waals surface area (Å²) in [5.74, 6) is 0.317. The Hall–Kier alpha value is -1.06. The van der Waals surface area contributed by atoms with Gasteiger partial charge in [0.15, 0.2) is 0 Å². The normalized spacial score (nSPS) is 19.6. The molecule has 2 rings (SSSR count). The molecule has 0 saturated carbocycles. The van der Waals surface area contributed by atoms with Crippen LogP contribution in [0.3, 0.4) is 0 Å². The van der Waals surface area contributed by atoms with E-state index in [1.807, 2.05) is 25.1 Å². The van der Waals surface area contributed by atoms with Crippen molar-refractivity contribution in [2.24, 2.45) is 0 Å². The van der Waals surface area contributed by atoms with Crippen molar-refractivity contribution in [1.29, 1.82) is 0 Å². The van der Waals surface area contributed by atoms with E-state index >= 15 is 0 Å². The number of phenolic OH excluding ortho intramolecular Hbond substituents is 1. The summed E-state index contributed by atoms with van der Waals surface area (Å²) in [6.07, 6.45) is 1.61. The Morgan fingerprint density at radius 2 is 2.00 bits per heavy atom. The lowest BCUT2D eigenvalue weighted by atomic mass is 9.85. The van der Waals surface area contributed by atoms with Gasteiger partial charge in [0.25, 0.3) is 0 Å². The Morgan fingerprint density at radius 1 is 1.31 bits per heavy atom. The number of rotatable bonds is 3. The maximum absolute atomic E-state index is 9.93. The van der Waals surface area contributed by atoms with E-state index in [2.05, 4.69) is 0 Å². The van der Waals surface area contributed by atoms with E-state index in [9.17, 15) is 5.11 Å². The zero-order valence-electron chi connectivity index (χ0n) is 9.61. The van der Waals surface area contributed by atoms with Crippen molar-refractivity contribution in [3.63, 3.8) is 0 Å². The van der Waals surface area contributed by atoms with Crippen LogP contribution >= 0.6 is 0 Å². The second-order valence-electron chi connectivity index (χ2n) is 4.06. The lowest BCUT2D eigenvalue weighted by molar-refractivity contribution is -0.113. The average Bonchev–Trinajstić information content (AvgIpc) is 2.31. The van der Waals surface area contributed by atoms with Crippen LogP contribution in [0.4, 0.5) is 0 Å². The van der Waals surface area contributed by atoms with Crippen LogP contribution in [-0.2, 0) is 15.1 Å². The van der Waals surface area contributed by atoms with Crippen molar-refractivity contribution in [3.8, 4) is 5.75 Å². The van der Waals surface area contributed by atoms with Gasteiger partial charge in [0, 0.05) is 38.2 Å². The maximum atomic E-state index is 9.93. The average molecular weight is 222 g/mol. The van der Waals surface area contributed by atoms with Crippen molar-refractivity contribution < 1.29 is 14.6 Å². The smallest absolute Gasteiger partial charge is 0.121 e. The predicted molar refractivity (Wildman–Crippen MR) is 61.5 cm³/mol. The maximum Gasteiger partial charge on any atom is 0.121 e. The third-order valence-electron chi connectivity index (χ3n) is 3.12. The Labute approximate surface area is 96.0 Å². The first-order valence-electron chi connectivity index (χ1n) is 5.79. The molecular formula is C13H18O3. The van der Waals surface area contributed by atoms with Gasteiger partial charge < -0.3 is 14.6 Å². The quantitative estimate of drug-likeness (QED) is 0.853. The van der Waals surface area contributed by atoms with Crippen LogP contribution in [0.25, 0.3) is 0 Å². The first-order valence-corrected chi connectivity index (χ1v) is 5.79. The minimum Gasteiger partial charge on any atom is -0.508 e. The van der Waals surface area contributed by atoms with Gasteiger partial charge in [-0.25, -0.2) is 0 Å². The van der Waals surface area contributed by atoms with Crippen LogP contribution in [0.15, 0.2) is 24.3 Å². The van der Waals surface area contributed by atoms with Crippen molar-refractivity contribution in [2.45, 2.75) is 25.4 Å². The monoisotopic (exact) mass is 222 g/mol. The van der Waals surface area contributed by atoms with Gasteiger partial charge in [0.05, 0.1) is 0 Å². The molecular weight excluding hydrogens is 204 g/mol. The number of aromatic hydroxyl groups is 1. The molecule has 3 nitrogen and oxygen atoms in total. The largest absolute Gasteiger partial charge is 0.508 e. The Bertz CT molecular complexity index is 337. The van der Waals surface area contributed by atoms with Gasteiger partial charge in [0.1, 0.15) is 11.4 Å². The van der Waals surface area contributed by atoms with E-state index in [1.165, 1.54) is 0 Å².